The minimum atomic E-state index is -4.75. The summed E-state index contributed by atoms with van der Waals surface area (Å²) in [5, 5.41) is 8.23. The van der Waals surface area contributed by atoms with E-state index in [1.807, 2.05) is 13.0 Å². The molecule has 0 radical (unpaired) electrons. The highest BCUT2D eigenvalue weighted by molar-refractivity contribution is 7.89. The molecule has 1 aliphatic heterocycles. The Morgan fingerprint density at radius 1 is 1.09 bits per heavy atom. The number of methoxy groups -OCH3 is 1. The van der Waals surface area contributed by atoms with Crippen molar-refractivity contribution in [1.82, 2.24) is 14.3 Å². The first-order valence-electron chi connectivity index (χ1n) is 13.8. The Kier molecular flexibility index (Phi) is 9.99. The van der Waals surface area contributed by atoms with E-state index in [1.165, 1.54) is 23.5 Å². The Morgan fingerprint density at radius 2 is 1.80 bits per heavy atom. The van der Waals surface area contributed by atoms with E-state index in [9.17, 15) is 26.4 Å². The molecule has 3 aromatic rings. The van der Waals surface area contributed by atoms with E-state index in [2.05, 4.69) is 37.4 Å². The quantitative estimate of drug-likeness (QED) is 0.246. The molecule has 2 aromatic carbocycles. The number of anilines is 6. The fourth-order valence-corrected chi connectivity index (χ4v) is 5.93. The average Bonchev–Trinajstić information content (AvgIpc) is 3.00. The summed E-state index contributed by atoms with van der Waals surface area (Å²) in [6.45, 7) is 8.67. The first-order valence-corrected chi connectivity index (χ1v) is 15.5. The standard InChI is InChI=1S/C29H34F3N7O4S/c1-5-21-24(38-13-15-39(16-14-38)44(41,42)7-3)12-11-23(26(21)43-4)36-28-33-18-22(29(30,31)32)27(37-28)35-20-10-8-9-19(17-20)34-25(40)6-2/h6,8-12,17-18H,2,5,7,13-16H2,1,3-4H3,(H,34,40)(H2,33,35,36,37). The highest BCUT2D eigenvalue weighted by atomic mass is 32.2. The van der Waals surface area contributed by atoms with Gasteiger partial charge in [0.05, 0.1) is 18.6 Å². The summed E-state index contributed by atoms with van der Waals surface area (Å²) in [5.41, 5.74) is 1.69. The molecule has 1 aromatic heterocycles. The smallest absolute Gasteiger partial charge is 0.421 e. The van der Waals surface area contributed by atoms with Gasteiger partial charge in [0.2, 0.25) is 21.9 Å². The van der Waals surface area contributed by atoms with Crippen LogP contribution in [0.25, 0.3) is 0 Å². The number of nitrogens with zero attached hydrogens (tertiary/aromatic N) is 4. The maximum absolute atomic E-state index is 13.9. The van der Waals surface area contributed by atoms with Gasteiger partial charge in [0.1, 0.15) is 17.1 Å². The molecule has 1 aliphatic rings. The lowest BCUT2D eigenvalue weighted by Crippen LogP contribution is -2.49. The third-order valence-corrected chi connectivity index (χ3v) is 8.93. The van der Waals surface area contributed by atoms with Gasteiger partial charge in [-0.3, -0.25) is 4.79 Å². The second-order valence-electron chi connectivity index (χ2n) is 9.76. The van der Waals surface area contributed by atoms with Gasteiger partial charge in [0.25, 0.3) is 0 Å². The highest BCUT2D eigenvalue weighted by Gasteiger charge is 2.35. The zero-order chi connectivity index (χ0) is 32.1. The first kappa shape index (κ1) is 32.5. The first-order chi connectivity index (χ1) is 20.9. The molecule has 0 bridgehead atoms. The Balaban J connectivity index is 1.62. The summed E-state index contributed by atoms with van der Waals surface area (Å²) in [5.74, 6) is -0.552. The maximum atomic E-state index is 13.9. The number of aromatic nitrogens is 2. The fraction of sp³-hybridized carbons (Fsp3) is 0.345. The molecule has 44 heavy (non-hydrogen) atoms. The number of nitrogens with one attached hydrogen (secondary N) is 3. The number of rotatable bonds is 11. The molecule has 1 saturated heterocycles. The van der Waals surface area contributed by atoms with Gasteiger partial charge in [-0.05, 0) is 49.8 Å². The monoisotopic (exact) mass is 633 g/mol. The summed E-state index contributed by atoms with van der Waals surface area (Å²) < 4.78 is 73.5. The van der Waals surface area contributed by atoms with Gasteiger partial charge >= 0.3 is 6.18 Å². The number of carbonyl (C=O) groups excluding carboxylic acids is 1. The number of carbonyl (C=O) groups is 1. The Labute approximate surface area is 254 Å². The number of hydrogen-bond acceptors (Lipinski definition) is 9. The molecule has 3 N–H and O–H groups in total. The average molecular weight is 634 g/mol. The molecule has 236 valence electrons. The molecule has 11 nitrogen and oxygen atoms in total. The SMILES string of the molecule is C=CC(=O)Nc1cccc(Nc2nc(Nc3ccc(N4CCN(S(=O)(=O)CC)CC4)c(CC)c3OC)ncc2C(F)(F)F)c1. The summed E-state index contributed by atoms with van der Waals surface area (Å²) in [6.07, 6.45) is -2.41. The lowest BCUT2D eigenvalue weighted by atomic mass is 10.1. The van der Waals surface area contributed by atoms with Gasteiger partial charge in [0.15, 0.2) is 0 Å². The van der Waals surface area contributed by atoms with Crippen molar-refractivity contribution in [2.45, 2.75) is 26.4 Å². The third kappa shape index (κ3) is 7.39. The predicted molar refractivity (Wildman–Crippen MR) is 164 cm³/mol. The van der Waals surface area contributed by atoms with Crippen LogP contribution < -0.4 is 25.6 Å². The number of ether oxygens (including phenoxy) is 1. The molecule has 1 amide bonds. The lowest BCUT2D eigenvalue weighted by Gasteiger charge is -2.36. The Bertz CT molecular complexity index is 1630. The number of amides is 1. The van der Waals surface area contributed by atoms with E-state index in [1.54, 1.807) is 25.1 Å². The van der Waals surface area contributed by atoms with Crippen molar-refractivity contribution in [2.75, 3.05) is 59.9 Å². The number of piperazine rings is 1. The van der Waals surface area contributed by atoms with Crippen LogP contribution in [0.4, 0.5) is 47.7 Å². The molecular weight excluding hydrogens is 599 g/mol. The second kappa shape index (κ2) is 13.5. The van der Waals surface area contributed by atoms with Crippen LogP contribution in [0.5, 0.6) is 5.75 Å². The van der Waals surface area contributed by atoms with Crippen molar-refractivity contribution in [3.8, 4) is 5.75 Å². The topological polar surface area (TPSA) is 129 Å². The van der Waals surface area contributed by atoms with E-state index in [4.69, 9.17) is 4.74 Å². The van der Waals surface area contributed by atoms with Crippen molar-refractivity contribution in [1.29, 1.82) is 0 Å². The normalized spacial score (nSPS) is 14.2. The van der Waals surface area contributed by atoms with Crippen LogP contribution in [0.2, 0.25) is 0 Å². The lowest BCUT2D eigenvalue weighted by molar-refractivity contribution is -0.137. The van der Waals surface area contributed by atoms with E-state index < -0.39 is 33.5 Å². The van der Waals surface area contributed by atoms with Crippen LogP contribution in [0.3, 0.4) is 0 Å². The number of alkyl halides is 3. The van der Waals surface area contributed by atoms with Crippen LogP contribution in [-0.4, -0.2) is 67.6 Å². The van der Waals surface area contributed by atoms with Crippen molar-refractivity contribution >= 4 is 50.4 Å². The predicted octanol–water partition coefficient (Wildman–Crippen LogP) is 5.15. The van der Waals surface area contributed by atoms with Crippen LogP contribution in [-0.2, 0) is 27.4 Å². The number of hydrogen-bond donors (Lipinski definition) is 3. The molecule has 0 atom stereocenters. The van der Waals surface area contributed by atoms with Gasteiger partial charge < -0.3 is 25.6 Å². The van der Waals surface area contributed by atoms with Gasteiger partial charge in [-0.25, -0.2) is 13.4 Å². The van der Waals surface area contributed by atoms with Crippen molar-refractivity contribution in [3.05, 3.63) is 66.4 Å². The van der Waals surface area contributed by atoms with Crippen molar-refractivity contribution < 1.29 is 31.1 Å². The largest absolute Gasteiger partial charge is 0.494 e. The molecular formula is C29H34F3N7O4S. The van der Waals surface area contributed by atoms with Crippen LogP contribution in [0.1, 0.15) is 25.0 Å². The van der Waals surface area contributed by atoms with Gasteiger partial charge in [-0.2, -0.15) is 22.5 Å². The molecule has 0 saturated carbocycles. The molecule has 1 fully saturated rings. The number of halogens is 3. The van der Waals surface area contributed by atoms with Crippen molar-refractivity contribution in [3.63, 3.8) is 0 Å². The molecule has 4 rings (SSSR count). The zero-order valence-electron chi connectivity index (χ0n) is 24.5. The Morgan fingerprint density at radius 3 is 2.41 bits per heavy atom. The molecule has 0 unspecified atom stereocenters. The minimum Gasteiger partial charge on any atom is -0.494 e. The van der Waals surface area contributed by atoms with Crippen LogP contribution in [0, 0.1) is 0 Å². The summed E-state index contributed by atoms with van der Waals surface area (Å²) >= 11 is 0. The third-order valence-electron chi connectivity index (χ3n) is 7.05. The summed E-state index contributed by atoms with van der Waals surface area (Å²) in [7, 11) is -1.78. The van der Waals surface area contributed by atoms with Crippen LogP contribution in [0.15, 0.2) is 55.3 Å². The van der Waals surface area contributed by atoms with Gasteiger partial charge in [-0.1, -0.05) is 19.6 Å². The van der Waals surface area contributed by atoms with E-state index in [0.717, 1.165) is 17.3 Å². The summed E-state index contributed by atoms with van der Waals surface area (Å²) in [6, 6.07) is 9.73. The fourth-order valence-electron chi connectivity index (χ4n) is 4.85. The summed E-state index contributed by atoms with van der Waals surface area (Å²) in [4.78, 5) is 21.8. The molecule has 0 spiro atoms. The van der Waals surface area contributed by atoms with E-state index in [-0.39, 0.29) is 17.4 Å². The molecule has 0 aliphatic carbocycles. The highest BCUT2D eigenvalue weighted by Crippen LogP contribution is 2.40. The van der Waals surface area contributed by atoms with E-state index in [0.29, 0.717) is 55.9 Å². The maximum Gasteiger partial charge on any atom is 0.421 e. The van der Waals surface area contributed by atoms with Gasteiger partial charge in [-0.15, -0.1) is 0 Å². The zero-order valence-corrected chi connectivity index (χ0v) is 25.3. The number of sulfonamides is 1. The minimum absolute atomic E-state index is 0.0466. The van der Waals surface area contributed by atoms with E-state index >= 15 is 0 Å². The molecule has 2 heterocycles. The second-order valence-corrected chi connectivity index (χ2v) is 12.0. The number of benzene rings is 2. The van der Waals surface area contributed by atoms with Crippen LogP contribution >= 0.6 is 0 Å². The van der Waals surface area contributed by atoms with Gasteiger partial charge in [0, 0.05) is 55.0 Å². The Hall–Kier alpha value is -4.37. The van der Waals surface area contributed by atoms with Crippen molar-refractivity contribution in [2.24, 2.45) is 0 Å². The molecule has 15 heteroatoms.